The van der Waals surface area contributed by atoms with Crippen molar-refractivity contribution in [3.05, 3.63) is 29.6 Å². The van der Waals surface area contributed by atoms with Crippen LogP contribution in [0.15, 0.2) is 18.2 Å². The second kappa shape index (κ2) is 3.98. The SMILES string of the molecule is FC(F)(F)c1ccc2nc(C3CCCN3)[nH]c2c1. The number of halogens is 3. The Morgan fingerprint density at radius 3 is 2.78 bits per heavy atom. The van der Waals surface area contributed by atoms with Gasteiger partial charge in [0.05, 0.1) is 22.6 Å². The zero-order chi connectivity index (χ0) is 12.8. The molecule has 1 aliphatic heterocycles. The zero-order valence-electron chi connectivity index (χ0n) is 9.51. The normalized spacial score (nSPS) is 20.7. The first kappa shape index (κ1) is 11.5. The Morgan fingerprint density at radius 1 is 1.28 bits per heavy atom. The highest BCUT2D eigenvalue weighted by molar-refractivity contribution is 5.76. The molecular weight excluding hydrogens is 243 g/mol. The summed E-state index contributed by atoms with van der Waals surface area (Å²) in [5, 5.41) is 3.26. The van der Waals surface area contributed by atoms with E-state index in [1.165, 1.54) is 6.07 Å². The maximum atomic E-state index is 12.6. The van der Waals surface area contributed by atoms with Gasteiger partial charge in [0.1, 0.15) is 5.82 Å². The van der Waals surface area contributed by atoms with Gasteiger partial charge in [-0.3, -0.25) is 0 Å². The summed E-state index contributed by atoms with van der Waals surface area (Å²) in [5.41, 5.74) is 0.366. The smallest absolute Gasteiger partial charge is 0.341 e. The molecule has 96 valence electrons. The molecule has 3 nitrogen and oxygen atoms in total. The molecule has 1 atom stereocenters. The van der Waals surface area contributed by atoms with Gasteiger partial charge in [-0.05, 0) is 37.6 Å². The first-order valence-corrected chi connectivity index (χ1v) is 5.84. The number of hydrogen-bond acceptors (Lipinski definition) is 2. The molecule has 0 saturated carbocycles. The van der Waals surface area contributed by atoms with Crippen LogP contribution in [0.25, 0.3) is 11.0 Å². The predicted molar refractivity (Wildman–Crippen MR) is 61.1 cm³/mol. The molecule has 2 aromatic rings. The minimum absolute atomic E-state index is 0.131. The summed E-state index contributed by atoms with van der Waals surface area (Å²) in [4.78, 5) is 7.31. The van der Waals surface area contributed by atoms with Crippen LogP contribution in [0.4, 0.5) is 13.2 Å². The van der Waals surface area contributed by atoms with Crippen molar-refractivity contribution in [3.63, 3.8) is 0 Å². The Kier molecular flexibility index (Phi) is 2.55. The Morgan fingerprint density at radius 2 is 2.11 bits per heavy atom. The van der Waals surface area contributed by atoms with Gasteiger partial charge in [0.15, 0.2) is 0 Å². The van der Waals surface area contributed by atoms with E-state index < -0.39 is 11.7 Å². The highest BCUT2D eigenvalue weighted by Gasteiger charge is 2.31. The number of hydrogen-bond donors (Lipinski definition) is 2. The number of alkyl halides is 3. The van der Waals surface area contributed by atoms with Crippen LogP contribution >= 0.6 is 0 Å². The third-order valence-electron chi connectivity index (χ3n) is 3.22. The molecule has 0 spiro atoms. The second-order valence-corrected chi connectivity index (χ2v) is 4.50. The first-order valence-electron chi connectivity index (χ1n) is 5.84. The predicted octanol–water partition coefficient (Wildman–Crippen LogP) is 3.01. The van der Waals surface area contributed by atoms with Gasteiger partial charge in [0, 0.05) is 0 Å². The molecule has 6 heteroatoms. The van der Waals surface area contributed by atoms with Crippen LogP contribution in [-0.2, 0) is 6.18 Å². The molecule has 1 saturated heterocycles. The van der Waals surface area contributed by atoms with Crippen LogP contribution < -0.4 is 5.32 Å². The van der Waals surface area contributed by atoms with E-state index in [9.17, 15) is 13.2 Å². The van der Waals surface area contributed by atoms with Crippen LogP contribution in [0.2, 0.25) is 0 Å². The van der Waals surface area contributed by atoms with Gasteiger partial charge in [-0.2, -0.15) is 13.2 Å². The van der Waals surface area contributed by atoms with E-state index in [0.29, 0.717) is 11.0 Å². The van der Waals surface area contributed by atoms with Crippen LogP contribution in [0, 0.1) is 0 Å². The molecule has 2 N–H and O–H groups in total. The summed E-state index contributed by atoms with van der Waals surface area (Å²) in [6, 6.07) is 3.72. The molecule has 0 amide bonds. The van der Waals surface area contributed by atoms with Gasteiger partial charge < -0.3 is 10.3 Å². The third-order valence-corrected chi connectivity index (χ3v) is 3.22. The first-order chi connectivity index (χ1) is 8.54. The molecule has 18 heavy (non-hydrogen) atoms. The molecule has 0 bridgehead atoms. The lowest BCUT2D eigenvalue weighted by molar-refractivity contribution is -0.137. The molecule has 0 radical (unpaired) electrons. The highest BCUT2D eigenvalue weighted by atomic mass is 19.4. The van der Waals surface area contributed by atoms with Crippen molar-refractivity contribution in [1.29, 1.82) is 0 Å². The molecule has 1 aromatic carbocycles. The van der Waals surface area contributed by atoms with Crippen LogP contribution in [0.1, 0.15) is 30.3 Å². The number of nitrogens with zero attached hydrogens (tertiary/aromatic N) is 1. The summed E-state index contributed by atoms with van der Waals surface area (Å²) in [6.07, 6.45) is -2.29. The Bertz CT molecular complexity index is 567. The average Bonchev–Trinajstić information content (AvgIpc) is 2.95. The number of nitrogens with one attached hydrogen (secondary N) is 2. The van der Waals surface area contributed by atoms with Crippen molar-refractivity contribution in [3.8, 4) is 0 Å². The summed E-state index contributed by atoms with van der Waals surface area (Å²) in [7, 11) is 0. The van der Waals surface area contributed by atoms with Gasteiger partial charge in [0.2, 0.25) is 0 Å². The van der Waals surface area contributed by atoms with Crippen molar-refractivity contribution >= 4 is 11.0 Å². The van der Waals surface area contributed by atoms with Crippen molar-refractivity contribution in [1.82, 2.24) is 15.3 Å². The van der Waals surface area contributed by atoms with Gasteiger partial charge >= 0.3 is 6.18 Å². The van der Waals surface area contributed by atoms with Gasteiger partial charge in [-0.1, -0.05) is 0 Å². The number of H-pyrrole nitrogens is 1. The largest absolute Gasteiger partial charge is 0.416 e. The summed E-state index contributed by atoms with van der Waals surface area (Å²) >= 11 is 0. The van der Waals surface area contributed by atoms with Crippen molar-refractivity contribution in [2.75, 3.05) is 6.54 Å². The van der Waals surface area contributed by atoms with Crippen LogP contribution in [0.3, 0.4) is 0 Å². The van der Waals surface area contributed by atoms with E-state index >= 15 is 0 Å². The summed E-state index contributed by atoms with van der Waals surface area (Å²) < 4.78 is 37.7. The molecule has 1 fully saturated rings. The Hall–Kier alpha value is -1.56. The highest BCUT2D eigenvalue weighted by Crippen LogP contribution is 2.31. The van der Waals surface area contributed by atoms with Crippen molar-refractivity contribution in [2.45, 2.75) is 25.1 Å². The number of benzene rings is 1. The molecule has 2 heterocycles. The minimum Gasteiger partial charge on any atom is -0.341 e. The Labute approximate surface area is 101 Å². The summed E-state index contributed by atoms with van der Waals surface area (Å²) in [6.45, 7) is 0.926. The maximum Gasteiger partial charge on any atom is 0.416 e. The van der Waals surface area contributed by atoms with Crippen LogP contribution in [0.5, 0.6) is 0 Å². The Balaban J connectivity index is 2.01. The van der Waals surface area contributed by atoms with E-state index in [4.69, 9.17) is 0 Å². The van der Waals surface area contributed by atoms with E-state index in [-0.39, 0.29) is 6.04 Å². The molecule has 0 aliphatic carbocycles. The van der Waals surface area contributed by atoms with Gasteiger partial charge in [-0.25, -0.2) is 4.98 Å². The number of aromatic amines is 1. The van der Waals surface area contributed by atoms with E-state index in [1.54, 1.807) is 0 Å². The maximum absolute atomic E-state index is 12.6. The lowest BCUT2D eigenvalue weighted by atomic mass is 10.2. The quantitative estimate of drug-likeness (QED) is 0.822. The number of fused-ring (bicyclic) bond motifs is 1. The molecule has 3 rings (SSSR count). The monoisotopic (exact) mass is 255 g/mol. The van der Waals surface area contributed by atoms with Gasteiger partial charge in [-0.15, -0.1) is 0 Å². The number of aromatic nitrogens is 2. The van der Waals surface area contributed by atoms with Crippen molar-refractivity contribution in [2.24, 2.45) is 0 Å². The van der Waals surface area contributed by atoms with E-state index in [2.05, 4.69) is 15.3 Å². The zero-order valence-corrected chi connectivity index (χ0v) is 9.51. The molecule has 1 unspecified atom stereocenters. The topological polar surface area (TPSA) is 40.7 Å². The molecule has 1 aliphatic rings. The fraction of sp³-hybridized carbons (Fsp3) is 0.417. The summed E-state index contributed by atoms with van der Waals surface area (Å²) in [5.74, 6) is 0.724. The van der Waals surface area contributed by atoms with E-state index in [1.807, 2.05) is 0 Å². The number of imidazole rings is 1. The minimum atomic E-state index is -4.31. The third kappa shape index (κ3) is 1.96. The molecular formula is C12H12F3N3. The fourth-order valence-corrected chi connectivity index (χ4v) is 2.29. The average molecular weight is 255 g/mol. The lowest BCUT2D eigenvalue weighted by Gasteiger charge is -2.05. The van der Waals surface area contributed by atoms with Crippen molar-refractivity contribution < 1.29 is 13.2 Å². The second-order valence-electron chi connectivity index (χ2n) is 4.50. The lowest BCUT2D eigenvalue weighted by Crippen LogP contribution is -2.13. The standard InChI is InChI=1S/C12H12F3N3/c13-12(14,15)7-3-4-8-10(6-7)18-11(17-8)9-2-1-5-16-9/h3-4,6,9,16H,1-2,5H2,(H,17,18). The number of rotatable bonds is 1. The fourth-order valence-electron chi connectivity index (χ4n) is 2.29. The molecule has 1 aromatic heterocycles. The van der Waals surface area contributed by atoms with Gasteiger partial charge in [0.25, 0.3) is 0 Å². The van der Waals surface area contributed by atoms with Crippen LogP contribution in [-0.4, -0.2) is 16.5 Å². The van der Waals surface area contributed by atoms with E-state index in [0.717, 1.165) is 37.3 Å².